The highest BCUT2D eigenvalue weighted by atomic mass is 19.4. The van der Waals surface area contributed by atoms with E-state index in [1.165, 1.54) is 16.9 Å². The maximum Gasteiger partial charge on any atom is 0.416 e. The Kier molecular flexibility index (Phi) is 3.84. The first-order valence-corrected chi connectivity index (χ1v) is 9.31. The van der Waals surface area contributed by atoms with Crippen LogP contribution >= 0.6 is 0 Å². The largest absolute Gasteiger partial charge is 0.416 e. The SMILES string of the molecule is CC1(C)C=C2C(=[N+](O)c3cc(-c4ccc(C(F)(F)F)cc4)ccc32)C(C)(C)C1. The summed E-state index contributed by atoms with van der Waals surface area (Å²) in [6.45, 7) is 8.63. The van der Waals surface area contributed by atoms with Gasteiger partial charge in [0.2, 0.25) is 5.71 Å². The second kappa shape index (κ2) is 5.72. The number of rotatable bonds is 1. The van der Waals surface area contributed by atoms with Crippen LogP contribution in [0.5, 0.6) is 0 Å². The molecule has 4 rings (SSSR count). The van der Waals surface area contributed by atoms with Gasteiger partial charge in [-0.25, -0.2) is 0 Å². The van der Waals surface area contributed by atoms with Crippen LogP contribution in [0.1, 0.15) is 45.2 Å². The molecule has 2 aromatic rings. The van der Waals surface area contributed by atoms with Gasteiger partial charge in [-0.15, -0.1) is 0 Å². The molecule has 2 aliphatic rings. The van der Waals surface area contributed by atoms with Crippen molar-refractivity contribution in [1.82, 2.24) is 0 Å². The van der Waals surface area contributed by atoms with Crippen LogP contribution in [0.25, 0.3) is 16.7 Å². The molecule has 0 aromatic heterocycles. The molecule has 1 aliphatic carbocycles. The first-order chi connectivity index (χ1) is 12.9. The van der Waals surface area contributed by atoms with Gasteiger partial charge >= 0.3 is 6.18 Å². The molecule has 146 valence electrons. The highest BCUT2D eigenvalue weighted by Gasteiger charge is 2.50. The number of allylic oxidation sites excluding steroid dienone is 2. The molecule has 0 atom stereocenters. The van der Waals surface area contributed by atoms with Crippen molar-refractivity contribution in [3.63, 3.8) is 0 Å². The summed E-state index contributed by atoms with van der Waals surface area (Å²) in [6, 6.07) is 10.8. The number of alkyl halides is 3. The van der Waals surface area contributed by atoms with Crippen molar-refractivity contribution in [3.8, 4) is 11.1 Å². The first-order valence-electron chi connectivity index (χ1n) is 9.31. The Morgan fingerprint density at radius 1 is 0.929 bits per heavy atom. The fraction of sp³-hybridized carbons (Fsp3) is 0.348. The minimum Gasteiger partial charge on any atom is -0.284 e. The van der Waals surface area contributed by atoms with E-state index in [-0.39, 0.29) is 10.8 Å². The minimum absolute atomic E-state index is 0.0108. The zero-order valence-corrected chi connectivity index (χ0v) is 16.4. The highest BCUT2D eigenvalue weighted by molar-refractivity contribution is 6.27. The van der Waals surface area contributed by atoms with Crippen LogP contribution in [0.2, 0.25) is 0 Å². The number of benzene rings is 2. The van der Waals surface area contributed by atoms with E-state index >= 15 is 0 Å². The number of halogens is 3. The molecule has 0 saturated heterocycles. The fourth-order valence-corrected chi connectivity index (χ4v) is 4.79. The average Bonchev–Trinajstić information content (AvgIpc) is 2.85. The average molecular weight is 386 g/mol. The maximum absolute atomic E-state index is 12.8. The molecular weight excluding hydrogens is 363 g/mol. The normalized spacial score (nSPS) is 19.9. The maximum atomic E-state index is 12.8. The molecule has 1 N–H and O–H groups in total. The van der Waals surface area contributed by atoms with E-state index in [4.69, 9.17) is 0 Å². The third-order valence-corrected chi connectivity index (χ3v) is 5.60. The van der Waals surface area contributed by atoms with Crippen molar-refractivity contribution in [2.45, 2.75) is 40.3 Å². The van der Waals surface area contributed by atoms with Crippen LogP contribution < -0.4 is 0 Å². The Hall–Kier alpha value is -2.56. The molecule has 0 spiro atoms. The third-order valence-electron chi connectivity index (χ3n) is 5.60. The Labute approximate surface area is 162 Å². The van der Waals surface area contributed by atoms with Gasteiger partial charge in [0.05, 0.1) is 22.1 Å². The van der Waals surface area contributed by atoms with Crippen molar-refractivity contribution in [3.05, 3.63) is 59.7 Å². The molecular formula is C23H23F3NO+. The molecule has 0 unspecified atom stereocenters. The van der Waals surface area contributed by atoms with Gasteiger partial charge in [0.25, 0.3) is 5.69 Å². The van der Waals surface area contributed by atoms with Crippen molar-refractivity contribution >= 4 is 17.0 Å². The van der Waals surface area contributed by atoms with Crippen LogP contribution in [0.4, 0.5) is 18.9 Å². The number of nitrogens with zero attached hydrogens (tertiary/aromatic N) is 1. The van der Waals surface area contributed by atoms with Crippen LogP contribution in [0, 0.1) is 10.8 Å². The number of hydrogen-bond acceptors (Lipinski definition) is 1. The second-order valence-electron chi connectivity index (χ2n) is 9.07. The smallest absolute Gasteiger partial charge is 0.284 e. The molecule has 0 bridgehead atoms. The molecule has 28 heavy (non-hydrogen) atoms. The summed E-state index contributed by atoms with van der Waals surface area (Å²) in [5.41, 5.74) is 4.13. The van der Waals surface area contributed by atoms with E-state index in [2.05, 4.69) is 33.8 Å². The van der Waals surface area contributed by atoms with E-state index in [1.54, 1.807) is 0 Å². The van der Waals surface area contributed by atoms with E-state index < -0.39 is 11.7 Å². The summed E-state index contributed by atoms with van der Waals surface area (Å²) >= 11 is 0. The van der Waals surface area contributed by atoms with Gasteiger partial charge in [0.15, 0.2) is 0 Å². The lowest BCUT2D eigenvalue weighted by molar-refractivity contribution is -0.712. The molecule has 0 radical (unpaired) electrons. The molecule has 2 nitrogen and oxygen atoms in total. The van der Waals surface area contributed by atoms with Gasteiger partial charge in [0, 0.05) is 10.8 Å². The third kappa shape index (κ3) is 2.93. The quantitative estimate of drug-likeness (QED) is 0.428. The Bertz CT molecular complexity index is 1020. The number of hydrogen-bond donors (Lipinski definition) is 1. The first kappa shape index (κ1) is 18.8. The zero-order valence-electron chi connectivity index (χ0n) is 16.4. The van der Waals surface area contributed by atoms with Crippen LogP contribution in [0.3, 0.4) is 0 Å². The van der Waals surface area contributed by atoms with Gasteiger partial charge < -0.3 is 0 Å². The summed E-state index contributed by atoms with van der Waals surface area (Å²) in [5, 5.41) is 10.9. The highest BCUT2D eigenvalue weighted by Crippen LogP contribution is 2.50. The van der Waals surface area contributed by atoms with Crippen molar-refractivity contribution in [2.75, 3.05) is 0 Å². The Morgan fingerprint density at radius 2 is 1.54 bits per heavy atom. The lowest BCUT2D eigenvalue weighted by atomic mass is 9.65. The van der Waals surface area contributed by atoms with E-state index in [0.29, 0.717) is 11.3 Å². The molecule has 1 aliphatic heterocycles. The van der Waals surface area contributed by atoms with Gasteiger partial charge in [-0.05, 0) is 55.0 Å². The topological polar surface area (TPSA) is 23.2 Å². The van der Waals surface area contributed by atoms with Crippen LogP contribution in [-0.2, 0) is 6.18 Å². The molecule has 0 saturated carbocycles. The lowest BCUT2D eigenvalue weighted by Crippen LogP contribution is -2.37. The van der Waals surface area contributed by atoms with Crippen molar-refractivity contribution < 1.29 is 23.1 Å². The van der Waals surface area contributed by atoms with Gasteiger partial charge in [-0.3, -0.25) is 5.21 Å². The van der Waals surface area contributed by atoms with Crippen LogP contribution in [0.15, 0.2) is 48.5 Å². The second-order valence-corrected chi connectivity index (χ2v) is 9.07. The monoisotopic (exact) mass is 386 g/mol. The predicted octanol–water partition coefficient (Wildman–Crippen LogP) is 6.70. The van der Waals surface area contributed by atoms with Crippen LogP contribution in [-0.4, -0.2) is 15.7 Å². The van der Waals surface area contributed by atoms with Gasteiger partial charge in [-0.2, -0.15) is 13.2 Å². The van der Waals surface area contributed by atoms with E-state index in [1.807, 2.05) is 18.2 Å². The molecule has 0 amide bonds. The molecule has 2 aromatic carbocycles. The van der Waals surface area contributed by atoms with Gasteiger partial charge in [-0.1, -0.05) is 38.1 Å². The molecule has 1 heterocycles. The van der Waals surface area contributed by atoms with E-state index in [0.717, 1.165) is 41.0 Å². The summed E-state index contributed by atoms with van der Waals surface area (Å²) in [7, 11) is 0. The number of fused-ring (bicyclic) bond motifs is 3. The Morgan fingerprint density at radius 3 is 2.14 bits per heavy atom. The minimum atomic E-state index is -4.35. The summed E-state index contributed by atoms with van der Waals surface area (Å²) in [6.07, 6.45) is -1.23. The zero-order chi connectivity index (χ0) is 20.5. The standard InChI is InChI=1S/C23H23F3NO/c1-21(2)12-18-17-10-7-15(14-5-8-16(9-6-14)23(24,25)26)11-19(17)27(28)20(18)22(3,4)13-21/h5-12,28H,13H2,1-4H3/q+1. The predicted molar refractivity (Wildman–Crippen MR) is 104 cm³/mol. The Balaban J connectivity index is 1.81. The summed E-state index contributed by atoms with van der Waals surface area (Å²) < 4.78 is 39.7. The van der Waals surface area contributed by atoms with E-state index in [9.17, 15) is 18.4 Å². The summed E-state index contributed by atoms with van der Waals surface area (Å²) in [5.74, 6) is 0. The van der Waals surface area contributed by atoms with Gasteiger partial charge in [0.1, 0.15) is 0 Å². The molecule has 5 heteroatoms. The molecule has 0 fully saturated rings. The fourth-order valence-electron chi connectivity index (χ4n) is 4.79. The van der Waals surface area contributed by atoms with Crippen molar-refractivity contribution in [2.24, 2.45) is 10.8 Å². The lowest BCUT2D eigenvalue weighted by Gasteiger charge is -2.35. The summed E-state index contributed by atoms with van der Waals surface area (Å²) in [4.78, 5) is 0. The van der Waals surface area contributed by atoms with Crippen molar-refractivity contribution in [1.29, 1.82) is 0 Å².